The van der Waals surface area contributed by atoms with Gasteiger partial charge in [-0.1, -0.05) is 18.2 Å². The van der Waals surface area contributed by atoms with Crippen molar-refractivity contribution in [1.29, 1.82) is 0 Å². The zero-order chi connectivity index (χ0) is 22.0. The van der Waals surface area contributed by atoms with Crippen molar-refractivity contribution in [2.24, 2.45) is 0 Å². The normalized spacial score (nSPS) is 15.8. The van der Waals surface area contributed by atoms with Gasteiger partial charge in [-0.2, -0.15) is 5.10 Å². The molecule has 0 spiro atoms. The highest BCUT2D eigenvalue weighted by Crippen LogP contribution is 2.35. The first-order valence-corrected chi connectivity index (χ1v) is 10.1. The van der Waals surface area contributed by atoms with Gasteiger partial charge in [0.25, 0.3) is 0 Å². The number of carbonyl (C=O) groups is 1. The average molecular weight is 435 g/mol. The molecule has 1 aliphatic heterocycles. The van der Waals surface area contributed by atoms with Crippen LogP contribution in [0.2, 0.25) is 0 Å². The molecule has 2 heterocycles. The summed E-state index contributed by atoms with van der Waals surface area (Å²) in [6, 6.07) is 16.9. The number of nitrogens with zero attached hydrogens (tertiary/aromatic N) is 2. The summed E-state index contributed by atoms with van der Waals surface area (Å²) in [6.07, 6.45) is 1.91. The van der Waals surface area contributed by atoms with Crippen LogP contribution in [-0.2, 0) is 9.53 Å². The Balaban J connectivity index is 1.90. The molecule has 0 fully saturated rings. The highest BCUT2D eigenvalue weighted by Gasteiger charge is 2.33. The van der Waals surface area contributed by atoms with Crippen LogP contribution in [0.5, 0.6) is 5.75 Å². The highest BCUT2D eigenvalue weighted by atomic mass is 32.1. The van der Waals surface area contributed by atoms with Gasteiger partial charge in [-0.05, 0) is 55.5 Å². The maximum absolute atomic E-state index is 12.6. The lowest BCUT2D eigenvalue weighted by Gasteiger charge is -2.29. The molecular weight excluding hydrogens is 412 g/mol. The molecule has 0 unspecified atom stereocenters. The standard InChI is InChI=1S/C23H22N4O3S/c1-14-19(22(28)30-3)21(25-23(31)24-14)18-13-27(16-7-5-4-6-8-16)26-20(18)15-9-11-17(29-2)12-10-15/h4-13,21H,1-3H3,(H2,24,25,31)/t21-/m0/s1. The summed E-state index contributed by atoms with van der Waals surface area (Å²) >= 11 is 5.38. The van der Waals surface area contributed by atoms with Crippen molar-refractivity contribution in [3.8, 4) is 22.7 Å². The maximum atomic E-state index is 12.6. The third-order valence-corrected chi connectivity index (χ3v) is 5.33. The van der Waals surface area contributed by atoms with E-state index in [2.05, 4.69) is 10.6 Å². The number of nitrogens with one attached hydrogen (secondary N) is 2. The summed E-state index contributed by atoms with van der Waals surface area (Å²) < 4.78 is 12.1. The molecular formula is C23H22N4O3S. The number of allylic oxidation sites excluding steroid dienone is 1. The van der Waals surface area contributed by atoms with Crippen molar-refractivity contribution in [1.82, 2.24) is 20.4 Å². The quantitative estimate of drug-likeness (QED) is 0.470. The molecule has 0 amide bonds. The number of methoxy groups -OCH3 is 2. The van der Waals surface area contributed by atoms with E-state index in [-0.39, 0.29) is 0 Å². The lowest BCUT2D eigenvalue weighted by molar-refractivity contribution is -0.136. The van der Waals surface area contributed by atoms with Crippen LogP contribution >= 0.6 is 12.2 Å². The minimum Gasteiger partial charge on any atom is -0.497 e. The highest BCUT2D eigenvalue weighted by molar-refractivity contribution is 7.80. The van der Waals surface area contributed by atoms with E-state index in [1.54, 1.807) is 18.7 Å². The van der Waals surface area contributed by atoms with Crippen LogP contribution < -0.4 is 15.4 Å². The summed E-state index contributed by atoms with van der Waals surface area (Å²) in [4.78, 5) is 12.6. The monoisotopic (exact) mass is 434 g/mol. The first-order valence-electron chi connectivity index (χ1n) is 9.68. The molecule has 2 aromatic carbocycles. The first-order chi connectivity index (χ1) is 15.0. The van der Waals surface area contributed by atoms with Gasteiger partial charge in [0, 0.05) is 23.0 Å². The van der Waals surface area contributed by atoms with E-state index < -0.39 is 12.0 Å². The largest absolute Gasteiger partial charge is 0.497 e. The van der Waals surface area contributed by atoms with Crippen LogP contribution in [0.3, 0.4) is 0 Å². The van der Waals surface area contributed by atoms with Crippen molar-refractivity contribution in [3.05, 3.63) is 77.6 Å². The molecule has 7 nitrogen and oxygen atoms in total. The van der Waals surface area contributed by atoms with Crippen molar-refractivity contribution in [2.45, 2.75) is 13.0 Å². The molecule has 31 heavy (non-hydrogen) atoms. The summed E-state index contributed by atoms with van der Waals surface area (Å²) in [5, 5.41) is 11.5. The number of aromatic nitrogens is 2. The molecule has 2 N–H and O–H groups in total. The Morgan fingerprint density at radius 1 is 1.10 bits per heavy atom. The molecule has 0 radical (unpaired) electrons. The van der Waals surface area contributed by atoms with Crippen LogP contribution in [0, 0.1) is 0 Å². The molecule has 1 atom stereocenters. The second-order valence-corrected chi connectivity index (χ2v) is 7.41. The fourth-order valence-electron chi connectivity index (χ4n) is 3.59. The third-order valence-electron chi connectivity index (χ3n) is 5.11. The van der Waals surface area contributed by atoms with Gasteiger partial charge in [0.15, 0.2) is 5.11 Å². The molecule has 1 aromatic heterocycles. The lowest BCUT2D eigenvalue weighted by Crippen LogP contribution is -2.45. The van der Waals surface area contributed by atoms with Crippen LogP contribution in [0.1, 0.15) is 18.5 Å². The molecule has 0 bridgehead atoms. The Morgan fingerprint density at radius 2 is 1.81 bits per heavy atom. The molecule has 8 heteroatoms. The van der Waals surface area contributed by atoms with Crippen molar-refractivity contribution in [3.63, 3.8) is 0 Å². The van der Waals surface area contributed by atoms with Crippen molar-refractivity contribution in [2.75, 3.05) is 14.2 Å². The Labute approximate surface area is 185 Å². The number of thiocarbonyl (C=S) groups is 1. The third kappa shape index (κ3) is 4.02. The Bertz CT molecular complexity index is 1150. The van der Waals surface area contributed by atoms with Crippen LogP contribution in [0.4, 0.5) is 0 Å². The Hall–Kier alpha value is -3.65. The van der Waals surface area contributed by atoms with Crippen LogP contribution in [-0.4, -0.2) is 35.1 Å². The Kier molecular flexibility index (Phi) is 5.73. The summed E-state index contributed by atoms with van der Waals surface area (Å²) in [5.74, 6) is 0.318. The Morgan fingerprint density at radius 3 is 2.45 bits per heavy atom. The molecule has 0 saturated heterocycles. The first kappa shape index (κ1) is 20.6. The fraction of sp³-hybridized carbons (Fsp3) is 0.174. The molecule has 4 rings (SSSR count). The molecule has 158 valence electrons. The van der Waals surface area contributed by atoms with E-state index >= 15 is 0 Å². The minimum absolute atomic E-state index is 0.432. The minimum atomic E-state index is -0.518. The molecule has 0 saturated carbocycles. The molecule has 1 aliphatic rings. The number of para-hydroxylation sites is 1. The van der Waals surface area contributed by atoms with E-state index in [4.69, 9.17) is 26.8 Å². The number of ether oxygens (including phenoxy) is 2. The molecule has 0 aliphatic carbocycles. The van der Waals surface area contributed by atoms with Gasteiger partial charge in [-0.3, -0.25) is 0 Å². The van der Waals surface area contributed by atoms with Gasteiger partial charge in [-0.15, -0.1) is 0 Å². The molecule has 3 aromatic rings. The summed E-state index contributed by atoms with van der Waals surface area (Å²) in [6.45, 7) is 1.81. The fourth-order valence-corrected chi connectivity index (χ4v) is 3.86. The van der Waals surface area contributed by atoms with E-state index in [1.165, 1.54) is 7.11 Å². The number of benzene rings is 2. The predicted octanol–water partition coefficient (Wildman–Crippen LogP) is 3.51. The van der Waals surface area contributed by atoms with Gasteiger partial charge in [0.1, 0.15) is 5.75 Å². The van der Waals surface area contributed by atoms with E-state index in [0.717, 1.165) is 28.3 Å². The average Bonchev–Trinajstić information content (AvgIpc) is 3.24. The smallest absolute Gasteiger partial charge is 0.337 e. The van der Waals surface area contributed by atoms with Gasteiger partial charge >= 0.3 is 5.97 Å². The second-order valence-electron chi connectivity index (χ2n) is 7.00. The van der Waals surface area contributed by atoms with Crippen molar-refractivity contribution >= 4 is 23.3 Å². The van der Waals surface area contributed by atoms with Gasteiger partial charge in [0.2, 0.25) is 0 Å². The number of esters is 1. The SMILES string of the molecule is COC(=O)C1=C(C)NC(=S)N[C@H]1c1cn(-c2ccccc2)nc1-c1ccc(OC)cc1. The van der Waals surface area contributed by atoms with E-state index in [1.807, 2.05) is 60.8 Å². The topological polar surface area (TPSA) is 77.4 Å². The zero-order valence-corrected chi connectivity index (χ0v) is 18.2. The number of hydrogen-bond acceptors (Lipinski definition) is 5. The number of hydrogen-bond donors (Lipinski definition) is 2. The predicted molar refractivity (Wildman–Crippen MR) is 122 cm³/mol. The van der Waals surface area contributed by atoms with E-state index in [9.17, 15) is 4.79 Å². The lowest BCUT2D eigenvalue weighted by atomic mass is 9.94. The van der Waals surface area contributed by atoms with Crippen molar-refractivity contribution < 1.29 is 14.3 Å². The number of carbonyl (C=O) groups excluding carboxylic acids is 1. The van der Waals surface area contributed by atoms with Crippen LogP contribution in [0.25, 0.3) is 16.9 Å². The van der Waals surface area contributed by atoms with E-state index in [0.29, 0.717) is 16.4 Å². The summed E-state index contributed by atoms with van der Waals surface area (Å²) in [7, 11) is 2.99. The van der Waals surface area contributed by atoms with Gasteiger partial charge in [0.05, 0.1) is 37.2 Å². The number of rotatable bonds is 5. The zero-order valence-electron chi connectivity index (χ0n) is 17.4. The van der Waals surface area contributed by atoms with Crippen LogP contribution in [0.15, 0.2) is 72.1 Å². The van der Waals surface area contributed by atoms with Gasteiger partial charge < -0.3 is 20.1 Å². The van der Waals surface area contributed by atoms with Gasteiger partial charge in [-0.25, -0.2) is 9.48 Å². The summed E-state index contributed by atoms with van der Waals surface area (Å²) in [5.41, 5.74) is 4.42. The maximum Gasteiger partial charge on any atom is 0.337 e. The second kappa shape index (κ2) is 8.61.